The molecule has 4 nitrogen and oxygen atoms in total. The van der Waals surface area contributed by atoms with E-state index in [0.29, 0.717) is 16.7 Å². The Kier molecular flexibility index (Phi) is 3.84. The zero-order chi connectivity index (χ0) is 14.7. The van der Waals surface area contributed by atoms with Crippen molar-refractivity contribution >= 4 is 11.9 Å². The van der Waals surface area contributed by atoms with E-state index in [-0.39, 0.29) is 5.56 Å². The molecule has 0 fully saturated rings. The number of aromatic carboxylic acids is 1. The Bertz CT molecular complexity index is 674. The Balaban J connectivity index is 2.57. The number of hydrogen-bond acceptors (Lipinski definition) is 3. The Morgan fingerprint density at radius 2 is 1.85 bits per heavy atom. The van der Waals surface area contributed by atoms with Gasteiger partial charge < -0.3 is 9.84 Å². The summed E-state index contributed by atoms with van der Waals surface area (Å²) in [7, 11) is 1.31. The minimum atomic E-state index is -0.993. The van der Waals surface area contributed by atoms with Crippen LogP contribution in [0.25, 0.3) is 11.1 Å². The molecule has 2 aromatic rings. The SMILES string of the molecule is COC(=O)c1cccc(-c2ccc(C)cc2C(=O)O)c1. The summed E-state index contributed by atoms with van der Waals surface area (Å²) in [6.07, 6.45) is 0. The van der Waals surface area contributed by atoms with Crippen molar-refractivity contribution in [3.63, 3.8) is 0 Å². The fourth-order valence-corrected chi connectivity index (χ4v) is 2.02. The number of carboxylic acids is 1. The molecule has 0 amide bonds. The van der Waals surface area contributed by atoms with Crippen molar-refractivity contribution in [1.29, 1.82) is 0 Å². The van der Waals surface area contributed by atoms with E-state index in [1.807, 2.05) is 13.0 Å². The summed E-state index contributed by atoms with van der Waals surface area (Å²) in [5.41, 5.74) is 2.73. The van der Waals surface area contributed by atoms with E-state index < -0.39 is 11.9 Å². The molecule has 0 atom stereocenters. The van der Waals surface area contributed by atoms with Gasteiger partial charge in [0.2, 0.25) is 0 Å². The first-order chi connectivity index (χ1) is 9.52. The average Bonchev–Trinajstić information content (AvgIpc) is 2.46. The van der Waals surface area contributed by atoms with Crippen molar-refractivity contribution < 1.29 is 19.4 Å². The molecule has 0 radical (unpaired) electrons. The number of hydrogen-bond donors (Lipinski definition) is 1. The van der Waals surface area contributed by atoms with E-state index in [2.05, 4.69) is 4.74 Å². The molecule has 0 saturated heterocycles. The second-order valence-electron chi connectivity index (χ2n) is 4.43. The Hall–Kier alpha value is -2.62. The molecule has 20 heavy (non-hydrogen) atoms. The van der Waals surface area contributed by atoms with Gasteiger partial charge in [-0.05, 0) is 36.2 Å². The lowest BCUT2D eigenvalue weighted by Crippen LogP contribution is -2.03. The number of carbonyl (C=O) groups excluding carboxylic acids is 1. The third-order valence-electron chi connectivity index (χ3n) is 3.00. The van der Waals surface area contributed by atoms with E-state index in [1.165, 1.54) is 7.11 Å². The third-order valence-corrected chi connectivity index (χ3v) is 3.00. The topological polar surface area (TPSA) is 63.6 Å². The van der Waals surface area contributed by atoms with Crippen LogP contribution in [0.4, 0.5) is 0 Å². The average molecular weight is 270 g/mol. The summed E-state index contributed by atoms with van der Waals surface area (Å²) in [4.78, 5) is 22.9. The van der Waals surface area contributed by atoms with Gasteiger partial charge in [-0.1, -0.05) is 29.8 Å². The van der Waals surface area contributed by atoms with Crippen LogP contribution in [0.1, 0.15) is 26.3 Å². The number of methoxy groups -OCH3 is 1. The van der Waals surface area contributed by atoms with Crippen LogP contribution in [-0.2, 0) is 4.74 Å². The number of benzene rings is 2. The Morgan fingerprint density at radius 3 is 2.50 bits per heavy atom. The van der Waals surface area contributed by atoms with E-state index in [1.54, 1.807) is 36.4 Å². The summed E-state index contributed by atoms with van der Waals surface area (Å²) in [5, 5.41) is 9.28. The van der Waals surface area contributed by atoms with Crippen molar-refractivity contribution in [3.8, 4) is 11.1 Å². The van der Waals surface area contributed by atoms with Gasteiger partial charge in [0.15, 0.2) is 0 Å². The molecular weight excluding hydrogens is 256 g/mol. The molecule has 0 aromatic heterocycles. The first-order valence-corrected chi connectivity index (χ1v) is 6.05. The molecule has 4 heteroatoms. The Labute approximate surface area is 116 Å². The molecule has 102 valence electrons. The molecule has 0 unspecified atom stereocenters. The predicted molar refractivity (Wildman–Crippen MR) is 74.9 cm³/mol. The lowest BCUT2D eigenvalue weighted by atomic mass is 9.96. The summed E-state index contributed by atoms with van der Waals surface area (Å²) in [6.45, 7) is 1.83. The molecule has 0 aliphatic heterocycles. The van der Waals surface area contributed by atoms with Crippen molar-refractivity contribution in [2.45, 2.75) is 6.92 Å². The maximum Gasteiger partial charge on any atom is 0.337 e. The zero-order valence-corrected chi connectivity index (χ0v) is 11.2. The third kappa shape index (κ3) is 2.69. The summed E-state index contributed by atoms with van der Waals surface area (Å²) >= 11 is 0. The van der Waals surface area contributed by atoms with Crippen molar-refractivity contribution in [1.82, 2.24) is 0 Å². The highest BCUT2D eigenvalue weighted by atomic mass is 16.5. The van der Waals surface area contributed by atoms with Crippen molar-refractivity contribution in [3.05, 3.63) is 59.2 Å². The molecule has 2 rings (SSSR count). The minimum absolute atomic E-state index is 0.215. The molecule has 1 N–H and O–H groups in total. The van der Waals surface area contributed by atoms with Crippen molar-refractivity contribution in [2.24, 2.45) is 0 Å². The number of carboxylic acid groups (broad SMARTS) is 1. The van der Waals surface area contributed by atoms with Crippen LogP contribution in [0, 0.1) is 6.92 Å². The van der Waals surface area contributed by atoms with Gasteiger partial charge in [0.05, 0.1) is 18.2 Å². The first-order valence-electron chi connectivity index (χ1n) is 6.05. The van der Waals surface area contributed by atoms with Gasteiger partial charge in [-0.25, -0.2) is 9.59 Å². The zero-order valence-electron chi connectivity index (χ0n) is 11.2. The van der Waals surface area contributed by atoms with Crippen molar-refractivity contribution in [2.75, 3.05) is 7.11 Å². The molecule has 2 aromatic carbocycles. The summed E-state index contributed by atoms with van der Waals surface area (Å²) in [5.74, 6) is -1.44. The highest BCUT2D eigenvalue weighted by Crippen LogP contribution is 2.26. The number of esters is 1. The number of aryl methyl sites for hydroxylation is 1. The Morgan fingerprint density at radius 1 is 1.10 bits per heavy atom. The minimum Gasteiger partial charge on any atom is -0.478 e. The maximum atomic E-state index is 11.5. The highest BCUT2D eigenvalue weighted by molar-refractivity contribution is 5.97. The van der Waals surface area contributed by atoms with Crippen LogP contribution in [0.15, 0.2) is 42.5 Å². The van der Waals surface area contributed by atoms with E-state index in [9.17, 15) is 14.7 Å². The normalized spacial score (nSPS) is 10.1. The summed E-state index contributed by atoms with van der Waals surface area (Å²) in [6, 6.07) is 11.9. The molecule has 0 aliphatic carbocycles. The highest BCUT2D eigenvalue weighted by Gasteiger charge is 2.13. The van der Waals surface area contributed by atoms with Crippen LogP contribution < -0.4 is 0 Å². The number of rotatable bonds is 3. The predicted octanol–water partition coefficient (Wildman–Crippen LogP) is 3.15. The van der Waals surface area contributed by atoms with Gasteiger partial charge >= 0.3 is 11.9 Å². The van der Waals surface area contributed by atoms with Gasteiger partial charge in [0.1, 0.15) is 0 Å². The lowest BCUT2D eigenvalue weighted by Gasteiger charge is -2.09. The quantitative estimate of drug-likeness (QED) is 0.870. The van der Waals surface area contributed by atoms with Crippen LogP contribution in [0.3, 0.4) is 0 Å². The molecule has 0 aliphatic rings. The number of carbonyl (C=O) groups is 2. The fourth-order valence-electron chi connectivity index (χ4n) is 2.02. The van der Waals surface area contributed by atoms with Gasteiger partial charge in [-0.3, -0.25) is 0 Å². The van der Waals surface area contributed by atoms with E-state index in [4.69, 9.17) is 0 Å². The van der Waals surface area contributed by atoms with Gasteiger partial charge in [-0.15, -0.1) is 0 Å². The molecule has 0 spiro atoms. The lowest BCUT2D eigenvalue weighted by molar-refractivity contribution is 0.0600. The van der Waals surface area contributed by atoms with Gasteiger partial charge in [0.25, 0.3) is 0 Å². The first kappa shape index (κ1) is 13.8. The van der Waals surface area contributed by atoms with Crippen LogP contribution in [0.2, 0.25) is 0 Å². The van der Waals surface area contributed by atoms with Crippen LogP contribution >= 0.6 is 0 Å². The molecule has 0 bridgehead atoms. The smallest absolute Gasteiger partial charge is 0.337 e. The monoisotopic (exact) mass is 270 g/mol. The van der Waals surface area contributed by atoms with Crippen LogP contribution in [0.5, 0.6) is 0 Å². The van der Waals surface area contributed by atoms with Gasteiger partial charge in [-0.2, -0.15) is 0 Å². The fraction of sp³-hybridized carbons (Fsp3) is 0.125. The van der Waals surface area contributed by atoms with E-state index >= 15 is 0 Å². The second-order valence-corrected chi connectivity index (χ2v) is 4.43. The standard InChI is InChI=1S/C16H14O4/c1-10-6-7-13(14(8-10)15(17)18)11-4-3-5-12(9-11)16(19)20-2/h3-9H,1-2H3,(H,17,18). The van der Waals surface area contributed by atoms with Crippen LogP contribution in [-0.4, -0.2) is 24.2 Å². The molecule has 0 saturated carbocycles. The molecular formula is C16H14O4. The van der Waals surface area contributed by atoms with Gasteiger partial charge in [0, 0.05) is 0 Å². The van der Waals surface area contributed by atoms with E-state index in [0.717, 1.165) is 5.56 Å². The largest absolute Gasteiger partial charge is 0.478 e. The second kappa shape index (κ2) is 5.57. The number of ether oxygens (including phenoxy) is 1. The molecule has 0 heterocycles. The summed E-state index contributed by atoms with van der Waals surface area (Å²) < 4.78 is 4.67. The maximum absolute atomic E-state index is 11.5.